The molecule has 0 aromatic carbocycles. The van der Waals surface area contributed by atoms with Gasteiger partial charge in [0.05, 0.1) is 12.6 Å². The summed E-state index contributed by atoms with van der Waals surface area (Å²) in [6.45, 7) is 1.73. The van der Waals surface area contributed by atoms with Gasteiger partial charge in [0.1, 0.15) is 6.54 Å². The molecule has 3 atom stereocenters. The zero-order valence-corrected chi connectivity index (χ0v) is 13.8. The Labute approximate surface area is 140 Å². The molecule has 5 nitrogen and oxygen atoms in total. The molecule has 3 aliphatic rings. The number of carbonyl (C=O) groups excluding carboxylic acids is 1. The normalized spacial score (nSPS) is 33.1. The van der Waals surface area contributed by atoms with Crippen LogP contribution in [0.3, 0.4) is 0 Å². The molecule has 0 saturated carbocycles. The van der Waals surface area contributed by atoms with Gasteiger partial charge in [-0.05, 0) is 45.2 Å². The van der Waals surface area contributed by atoms with Crippen molar-refractivity contribution in [1.29, 1.82) is 0 Å². The number of aliphatic hydroxyl groups excluding tert-OH is 1. The topological polar surface area (TPSA) is 47.0 Å². The monoisotopic (exact) mass is 349 g/mol. The number of likely N-dealkylation sites (tertiary alicyclic amines) is 3. The van der Waals surface area contributed by atoms with Crippen molar-refractivity contribution in [3.8, 4) is 0 Å². The van der Waals surface area contributed by atoms with Crippen molar-refractivity contribution in [2.45, 2.75) is 56.4 Å². The summed E-state index contributed by atoms with van der Waals surface area (Å²) in [4.78, 5) is 17.7. The summed E-state index contributed by atoms with van der Waals surface area (Å²) in [6, 6.07) is -0.0135. The molecule has 138 valence electrons. The van der Waals surface area contributed by atoms with E-state index in [9.17, 15) is 23.1 Å². The Morgan fingerprint density at radius 2 is 1.75 bits per heavy atom. The maximum absolute atomic E-state index is 12.6. The molecule has 1 amide bonds. The molecule has 0 aromatic heterocycles. The van der Waals surface area contributed by atoms with E-state index in [2.05, 4.69) is 9.80 Å². The SMILES string of the molecule is O=C1C(N2CCCC2CN2CCCC2CO)CCN1CC(F)(F)F. The molecule has 0 bridgehead atoms. The van der Waals surface area contributed by atoms with Gasteiger partial charge in [0.2, 0.25) is 5.91 Å². The molecule has 3 unspecified atom stereocenters. The molecule has 0 radical (unpaired) electrons. The van der Waals surface area contributed by atoms with Crippen molar-refractivity contribution in [3.63, 3.8) is 0 Å². The second kappa shape index (κ2) is 7.17. The van der Waals surface area contributed by atoms with Gasteiger partial charge in [-0.3, -0.25) is 14.6 Å². The van der Waals surface area contributed by atoms with Crippen LogP contribution in [0.15, 0.2) is 0 Å². The number of halogens is 3. The molecule has 1 N–H and O–H groups in total. The molecule has 0 spiro atoms. The van der Waals surface area contributed by atoms with E-state index in [4.69, 9.17) is 0 Å². The van der Waals surface area contributed by atoms with E-state index in [0.29, 0.717) is 6.42 Å². The van der Waals surface area contributed by atoms with E-state index in [0.717, 1.165) is 50.2 Å². The summed E-state index contributed by atoms with van der Waals surface area (Å²) in [7, 11) is 0. The summed E-state index contributed by atoms with van der Waals surface area (Å²) < 4.78 is 37.7. The van der Waals surface area contributed by atoms with Crippen LogP contribution in [-0.2, 0) is 4.79 Å². The van der Waals surface area contributed by atoms with E-state index >= 15 is 0 Å². The standard InChI is InChI=1S/C16H26F3N3O2/c17-16(18,19)11-21-8-5-14(15(21)24)22-7-2-3-12(22)9-20-6-1-4-13(20)10-23/h12-14,23H,1-11H2. The van der Waals surface area contributed by atoms with Crippen LogP contribution < -0.4 is 0 Å². The number of hydrogen-bond acceptors (Lipinski definition) is 4. The first kappa shape index (κ1) is 17.9. The number of rotatable bonds is 5. The minimum Gasteiger partial charge on any atom is -0.395 e. The van der Waals surface area contributed by atoms with Gasteiger partial charge in [-0.1, -0.05) is 0 Å². The first-order chi connectivity index (χ1) is 11.4. The van der Waals surface area contributed by atoms with Crippen LogP contribution in [0.25, 0.3) is 0 Å². The fourth-order valence-electron chi connectivity index (χ4n) is 4.48. The van der Waals surface area contributed by atoms with Crippen molar-refractivity contribution in [2.24, 2.45) is 0 Å². The van der Waals surface area contributed by atoms with Crippen LogP contribution in [0.2, 0.25) is 0 Å². The molecule has 24 heavy (non-hydrogen) atoms. The largest absolute Gasteiger partial charge is 0.406 e. The summed E-state index contributed by atoms with van der Waals surface area (Å²) in [5.74, 6) is -0.376. The van der Waals surface area contributed by atoms with Gasteiger partial charge in [0.15, 0.2) is 0 Å². The second-order valence-corrected chi connectivity index (χ2v) is 7.19. The maximum Gasteiger partial charge on any atom is 0.406 e. The van der Waals surface area contributed by atoms with Crippen molar-refractivity contribution in [1.82, 2.24) is 14.7 Å². The van der Waals surface area contributed by atoms with Crippen LogP contribution in [0.4, 0.5) is 13.2 Å². The lowest BCUT2D eigenvalue weighted by Gasteiger charge is -2.34. The third-order valence-electron chi connectivity index (χ3n) is 5.62. The van der Waals surface area contributed by atoms with E-state index in [1.165, 1.54) is 0 Å². The van der Waals surface area contributed by atoms with Crippen molar-refractivity contribution < 1.29 is 23.1 Å². The first-order valence-electron chi connectivity index (χ1n) is 8.85. The van der Waals surface area contributed by atoms with Gasteiger partial charge in [0.25, 0.3) is 0 Å². The van der Waals surface area contributed by atoms with Crippen LogP contribution in [0.1, 0.15) is 32.1 Å². The van der Waals surface area contributed by atoms with Crippen LogP contribution >= 0.6 is 0 Å². The second-order valence-electron chi connectivity index (χ2n) is 7.19. The van der Waals surface area contributed by atoms with Gasteiger partial charge >= 0.3 is 6.18 Å². The molecule has 8 heteroatoms. The van der Waals surface area contributed by atoms with Crippen LogP contribution in [0.5, 0.6) is 0 Å². The fraction of sp³-hybridized carbons (Fsp3) is 0.938. The Bertz CT molecular complexity index is 460. The Morgan fingerprint density at radius 3 is 2.46 bits per heavy atom. The quantitative estimate of drug-likeness (QED) is 0.807. The van der Waals surface area contributed by atoms with Crippen LogP contribution in [-0.4, -0.2) is 89.3 Å². The maximum atomic E-state index is 12.6. The number of aliphatic hydroxyl groups is 1. The number of alkyl halides is 3. The molecule has 0 aromatic rings. The van der Waals surface area contributed by atoms with Gasteiger partial charge < -0.3 is 10.0 Å². The van der Waals surface area contributed by atoms with Crippen molar-refractivity contribution in [3.05, 3.63) is 0 Å². The smallest absolute Gasteiger partial charge is 0.395 e. The number of hydrogen-bond donors (Lipinski definition) is 1. The number of amides is 1. The van der Waals surface area contributed by atoms with E-state index < -0.39 is 18.8 Å². The van der Waals surface area contributed by atoms with Gasteiger partial charge in [-0.25, -0.2) is 0 Å². The minimum atomic E-state index is -4.33. The fourth-order valence-corrected chi connectivity index (χ4v) is 4.48. The van der Waals surface area contributed by atoms with E-state index in [1.54, 1.807) is 0 Å². The lowest BCUT2D eigenvalue weighted by Crippen LogP contribution is -2.50. The molecule has 3 heterocycles. The van der Waals surface area contributed by atoms with Crippen LogP contribution in [0, 0.1) is 0 Å². The van der Waals surface area contributed by atoms with Gasteiger partial charge in [0, 0.05) is 25.2 Å². The van der Waals surface area contributed by atoms with E-state index in [1.807, 2.05) is 0 Å². The predicted molar refractivity (Wildman–Crippen MR) is 82.4 cm³/mol. The molecule has 0 aliphatic carbocycles. The number of carbonyl (C=O) groups is 1. The lowest BCUT2D eigenvalue weighted by atomic mass is 10.1. The first-order valence-corrected chi connectivity index (χ1v) is 8.85. The van der Waals surface area contributed by atoms with E-state index in [-0.39, 0.29) is 31.1 Å². The summed E-state index contributed by atoms with van der Waals surface area (Å²) in [5, 5.41) is 9.45. The number of nitrogens with zero attached hydrogens (tertiary/aromatic N) is 3. The Balaban J connectivity index is 1.60. The highest BCUT2D eigenvalue weighted by Gasteiger charge is 2.44. The zero-order valence-electron chi connectivity index (χ0n) is 13.8. The highest BCUT2D eigenvalue weighted by Crippen LogP contribution is 2.30. The molecular weight excluding hydrogens is 323 g/mol. The molecule has 3 rings (SSSR count). The Morgan fingerprint density at radius 1 is 1.04 bits per heavy atom. The minimum absolute atomic E-state index is 0.147. The molecule has 3 fully saturated rings. The average Bonchev–Trinajstić information content (AvgIpc) is 3.21. The predicted octanol–water partition coefficient (Wildman–Crippen LogP) is 1.07. The van der Waals surface area contributed by atoms with Crippen molar-refractivity contribution in [2.75, 3.05) is 39.3 Å². The highest BCUT2D eigenvalue weighted by molar-refractivity contribution is 5.84. The summed E-state index contributed by atoms with van der Waals surface area (Å²) >= 11 is 0. The third kappa shape index (κ3) is 3.86. The third-order valence-corrected chi connectivity index (χ3v) is 5.62. The molecular formula is C16H26F3N3O2. The summed E-state index contributed by atoms with van der Waals surface area (Å²) in [5.41, 5.74) is 0. The molecule has 3 saturated heterocycles. The Hall–Kier alpha value is -0.860. The highest BCUT2D eigenvalue weighted by atomic mass is 19.4. The van der Waals surface area contributed by atoms with Gasteiger partial charge in [-0.2, -0.15) is 13.2 Å². The van der Waals surface area contributed by atoms with Crippen molar-refractivity contribution >= 4 is 5.91 Å². The zero-order chi connectivity index (χ0) is 17.3. The van der Waals surface area contributed by atoms with Gasteiger partial charge in [-0.15, -0.1) is 0 Å². The lowest BCUT2D eigenvalue weighted by molar-refractivity contribution is -0.159. The molecule has 3 aliphatic heterocycles. The average molecular weight is 349 g/mol. The Kier molecular flexibility index (Phi) is 5.36. The summed E-state index contributed by atoms with van der Waals surface area (Å²) in [6.07, 6.45) is 0.154.